The first-order valence-electron chi connectivity index (χ1n) is 8.77. The number of benzene rings is 3. The Morgan fingerprint density at radius 2 is 1.61 bits per heavy atom. The number of rotatable bonds is 5. The molecule has 0 fully saturated rings. The maximum atomic E-state index is 9.93. The molecule has 0 saturated carbocycles. The van der Waals surface area contributed by atoms with E-state index in [1.807, 2.05) is 54.6 Å². The van der Waals surface area contributed by atoms with Crippen LogP contribution in [0.4, 0.5) is 5.13 Å². The molecule has 3 aromatic carbocycles. The smallest absolute Gasteiger partial charge is 0.210 e. The zero-order valence-corrected chi connectivity index (χ0v) is 16.1. The largest absolute Gasteiger partial charge is 0.507 e. The molecule has 0 amide bonds. The lowest BCUT2D eigenvalue weighted by atomic mass is 10.1. The summed E-state index contributed by atoms with van der Waals surface area (Å²) in [6, 6.07) is 25.1. The highest BCUT2D eigenvalue weighted by Gasteiger charge is 2.14. The fraction of sp³-hybridized carbons (Fsp3) is 0.0435. The van der Waals surface area contributed by atoms with Crippen LogP contribution in [-0.2, 0) is 0 Å². The molecule has 0 aliphatic heterocycles. The Kier molecular flexibility index (Phi) is 5.17. The maximum absolute atomic E-state index is 9.93. The molecule has 1 heterocycles. The molecule has 0 bridgehead atoms. The molecule has 4 aromatic rings. The fourth-order valence-corrected chi connectivity index (χ4v) is 3.75. The average Bonchev–Trinajstić information content (AvgIpc) is 3.18. The zero-order chi connectivity index (χ0) is 19.3. The molecule has 138 valence electrons. The number of nitrogens with zero attached hydrogens (tertiary/aromatic N) is 2. The second kappa shape index (κ2) is 8.06. The number of aromatic hydroxyl groups is 1. The third-order valence-electron chi connectivity index (χ3n) is 4.27. The summed E-state index contributed by atoms with van der Waals surface area (Å²) in [5.41, 5.74) is 3.63. The third-order valence-corrected chi connectivity index (χ3v) is 5.28. The van der Waals surface area contributed by atoms with Crippen LogP contribution in [0.5, 0.6) is 11.5 Å². The van der Waals surface area contributed by atoms with Crippen molar-refractivity contribution >= 4 is 22.7 Å². The summed E-state index contributed by atoms with van der Waals surface area (Å²) < 4.78 is 5.26. The van der Waals surface area contributed by atoms with Gasteiger partial charge in [0.25, 0.3) is 0 Å². The van der Waals surface area contributed by atoms with E-state index in [2.05, 4.69) is 17.1 Å². The van der Waals surface area contributed by atoms with Gasteiger partial charge in [0.2, 0.25) is 5.13 Å². The number of hydrogen-bond donors (Lipinski definition) is 1. The molecule has 0 radical (unpaired) electrons. The van der Waals surface area contributed by atoms with Gasteiger partial charge >= 0.3 is 0 Å². The van der Waals surface area contributed by atoms with Gasteiger partial charge in [0.1, 0.15) is 11.5 Å². The predicted octanol–water partition coefficient (Wildman–Crippen LogP) is 5.94. The highest BCUT2D eigenvalue weighted by atomic mass is 32.1. The van der Waals surface area contributed by atoms with Gasteiger partial charge in [-0.1, -0.05) is 53.8 Å². The van der Waals surface area contributed by atoms with E-state index < -0.39 is 0 Å². The SMILES string of the molecule is COc1ccc(-c2nc(N=Cc3ccccc3O)sc2-c2ccccc2)cc1. The fourth-order valence-electron chi connectivity index (χ4n) is 2.82. The van der Waals surface area contributed by atoms with Gasteiger partial charge in [-0.2, -0.15) is 0 Å². The summed E-state index contributed by atoms with van der Waals surface area (Å²) in [6.07, 6.45) is 1.64. The predicted molar refractivity (Wildman–Crippen MR) is 115 cm³/mol. The summed E-state index contributed by atoms with van der Waals surface area (Å²) in [4.78, 5) is 10.3. The number of hydrogen-bond acceptors (Lipinski definition) is 5. The summed E-state index contributed by atoms with van der Waals surface area (Å²) in [5, 5.41) is 10.6. The minimum Gasteiger partial charge on any atom is -0.507 e. The molecule has 0 aliphatic rings. The maximum Gasteiger partial charge on any atom is 0.210 e. The van der Waals surface area contributed by atoms with Crippen molar-refractivity contribution in [1.82, 2.24) is 4.98 Å². The van der Waals surface area contributed by atoms with Gasteiger partial charge in [-0.05, 0) is 42.0 Å². The molecule has 0 spiro atoms. The van der Waals surface area contributed by atoms with Crippen LogP contribution in [-0.4, -0.2) is 23.4 Å². The van der Waals surface area contributed by atoms with Crippen molar-refractivity contribution in [2.75, 3.05) is 7.11 Å². The highest BCUT2D eigenvalue weighted by molar-refractivity contribution is 7.19. The second-order valence-electron chi connectivity index (χ2n) is 6.09. The second-order valence-corrected chi connectivity index (χ2v) is 7.06. The molecule has 1 aromatic heterocycles. The van der Waals surface area contributed by atoms with E-state index in [0.29, 0.717) is 10.7 Å². The first-order valence-corrected chi connectivity index (χ1v) is 9.59. The zero-order valence-electron chi connectivity index (χ0n) is 15.2. The van der Waals surface area contributed by atoms with Crippen LogP contribution < -0.4 is 4.74 Å². The van der Waals surface area contributed by atoms with Crippen molar-refractivity contribution in [3.63, 3.8) is 0 Å². The minimum absolute atomic E-state index is 0.196. The lowest BCUT2D eigenvalue weighted by molar-refractivity contribution is 0.415. The van der Waals surface area contributed by atoms with Crippen LogP contribution in [0.3, 0.4) is 0 Å². The number of phenolic OH excluding ortho intramolecular Hbond substituents is 1. The molecule has 0 saturated heterocycles. The molecule has 4 rings (SSSR count). The normalized spacial score (nSPS) is 11.0. The number of ether oxygens (including phenoxy) is 1. The van der Waals surface area contributed by atoms with Crippen molar-refractivity contribution in [3.05, 3.63) is 84.4 Å². The van der Waals surface area contributed by atoms with Gasteiger partial charge in [-0.3, -0.25) is 0 Å². The van der Waals surface area contributed by atoms with Crippen molar-refractivity contribution in [2.24, 2.45) is 4.99 Å². The van der Waals surface area contributed by atoms with Gasteiger partial charge < -0.3 is 9.84 Å². The molecule has 1 N–H and O–H groups in total. The number of thiazole rings is 1. The Bertz CT molecular complexity index is 1100. The van der Waals surface area contributed by atoms with E-state index in [9.17, 15) is 5.11 Å². The van der Waals surface area contributed by atoms with Gasteiger partial charge in [-0.25, -0.2) is 9.98 Å². The monoisotopic (exact) mass is 386 g/mol. The summed E-state index contributed by atoms with van der Waals surface area (Å²) in [7, 11) is 1.65. The number of phenols is 1. The Morgan fingerprint density at radius 3 is 2.32 bits per heavy atom. The van der Waals surface area contributed by atoms with Crippen LogP contribution in [0, 0.1) is 0 Å². The number of para-hydroxylation sites is 1. The van der Waals surface area contributed by atoms with E-state index >= 15 is 0 Å². The Hall–Kier alpha value is -3.44. The van der Waals surface area contributed by atoms with Crippen molar-refractivity contribution in [1.29, 1.82) is 0 Å². The summed E-state index contributed by atoms with van der Waals surface area (Å²) in [5.74, 6) is 1.000. The number of methoxy groups -OCH3 is 1. The van der Waals surface area contributed by atoms with E-state index in [4.69, 9.17) is 9.72 Å². The van der Waals surface area contributed by atoms with E-state index in [1.165, 1.54) is 11.3 Å². The summed E-state index contributed by atoms with van der Waals surface area (Å²) >= 11 is 1.52. The van der Waals surface area contributed by atoms with Crippen LogP contribution in [0.2, 0.25) is 0 Å². The Morgan fingerprint density at radius 1 is 0.893 bits per heavy atom. The van der Waals surface area contributed by atoms with Gasteiger partial charge in [0.15, 0.2) is 0 Å². The summed E-state index contributed by atoms with van der Waals surface area (Å²) in [6.45, 7) is 0. The van der Waals surface area contributed by atoms with Crippen molar-refractivity contribution < 1.29 is 9.84 Å². The van der Waals surface area contributed by atoms with Gasteiger partial charge in [-0.15, -0.1) is 0 Å². The molecule has 5 heteroatoms. The highest BCUT2D eigenvalue weighted by Crippen LogP contribution is 2.40. The number of aromatic nitrogens is 1. The lowest BCUT2D eigenvalue weighted by Gasteiger charge is -2.04. The first kappa shape index (κ1) is 17.9. The molecule has 4 nitrogen and oxygen atoms in total. The standard InChI is InChI=1S/C23H18N2O2S/c1-27-19-13-11-16(12-14-19)21-22(17-7-3-2-4-8-17)28-23(25-21)24-15-18-9-5-6-10-20(18)26/h2-15,26H,1H3. The van der Waals surface area contributed by atoms with Gasteiger partial charge in [0, 0.05) is 17.3 Å². The quantitative estimate of drug-likeness (QED) is 0.432. The molecule has 0 atom stereocenters. The topological polar surface area (TPSA) is 54.7 Å². The molecule has 28 heavy (non-hydrogen) atoms. The van der Waals surface area contributed by atoms with Crippen molar-refractivity contribution in [2.45, 2.75) is 0 Å². The number of aliphatic imine (C=N–C) groups is 1. The Balaban J connectivity index is 1.77. The van der Waals surface area contributed by atoms with Crippen LogP contribution in [0.1, 0.15) is 5.56 Å². The van der Waals surface area contributed by atoms with E-state index in [1.54, 1.807) is 25.5 Å². The molecule has 0 aliphatic carbocycles. The van der Waals surface area contributed by atoms with E-state index in [0.717, 1.165) is 27.4 Å². The van der Waals surface area contributed by atoms with Crippen molar-refractivity contribution in [3.8, 4) is 33.2 Å². The third kappa shape index (κ3) is 3.80. The van der Waals surface area contributed by atoms with Crippen LogP contribution >= 0.6 is 11.3 Å². The lowest BCUT2D eigenvalue weighted by Crippen LogP contribution is -1.85. The molecular formula is C23H18N2O2S. The first-order chi connectivity index (χ1) is 13.7. The molecule has 0 unspecified atom stereocenters. The van der Waals surface area contributed by atoms with Gasteiger partial charge in [0.05, 0.1) is 17.7 Å². The van der Waals surface area contributed by atoms with Crippen LogP contribution in [0.15, 0.2) is 83.9 Å². The minimum atomic E-state index is 0.196. The van der Waals surface area contributed by atoms with Crippen LogP contribution in [0.25, 0.3) is 21.7 Å². The Labute approximate surface area is 167 Å². The average molecular weight is 386 g/mol. The van der Waals surface area contributed by atoms with E-state index in [-0.39, 0.29) is 5.75 Å². The molecular weight excluding hydrogens is 368 g/mol.